The van der Waals surface area contributed by atoms with Crippen molar-refractivity contribution in [3.05, 3.63) is 0 Å². The summed E-state index contributed by atoms with van der Waals surface area (Å²) in [4.78, 5) is 0.481. The molecule has 0 aromatic rings. The highest BCUT2D eigenvalue weighted by atomic mass is 32.2. The van der Waals surface area contributed by atoms with Crippen molar-refractivity contribution in [3.8, 4) is 0 Å². The molecule has 1 saturated carbocycles. The summed E-state index contributed by atoms with van der Waals surface area (Å²) in [7, 11) is 0. The van der Waals surface area contributed by atoms with E-state index in [1.54, 1.807) is 0 Å². The fourth-order valence-electron chi connectivity index (χ4n) is 2.00. The van der Waals surface area contributed by atoms with Gasteiger partial charge in [-0.1, -0.05) is 20.8 Å². The van der Waals surface area contributed by atoms with E-state index in [2.05, 4.69) is 37.8 Å². The number of hydrogen-bond acceptors (Lipinski definition) is 2. The Hall–Kier alpha value is 0.310. The Labute approximate surface area is 79.7 Å². The second-order valence-corrected chi connectivity index (χ2v) is 6.44. The quantitative estimate of drug-likeness (QED) is 0.680. The minimum absolute atomic E-state index is 0.481. The van der Waals surface area contributed by atoms with E-state index in [0.29, 0.717) is 4.87 Å². The molecular formula is C10H19NS. The van der Waals surface area contributed by atoms with Crippen molar-refractivity contribution in [3.63, 3.8) is 0 Å². The molecule has 2 aliphatic rings. The van der Waals surface area contributed by atoms with Gasteiger partial charge in [0.25, 0.3) is 0 Å². The molecule has 1 N–H and O–H groups in total. The maximum atomic E-state index is 3.56. The van der Waals surface area contributed by atoms with Crippen LogP contribution in [-0.2, 0) is 0 Å². The first-order chi connectivity index (χ1) is 5.64. The van der Waals surface area contributed by atoms with Crippen LogP contribution < -0.4 is 5.32 Å². The van der Waals surface area contributed by atoms with Crippen molar-refractivity contribution in [2.45, 2.75) is 43.7 Å². The first kappa shape index (κ1) is 8.89. The summed E-state index contributed by atoms with van der Waals surface area (Å²) in [6, 6.07) is 0. The smallest absolute Gasteiger partial charge is 0.0803 e. The van der Waals surface area contributed by atoms with Gasteiger partial charge in [-0.05, 0) is 24.7 Å². The van der Waals surface area contributed by atoms with Crippen molar-refractivity contribution >= 4 is 11.8 Å². The molecule has 70 valence electrons. The minimum atomic E-state index is 0.481. The van der Waals surface area contributed by atoms with Crippen molar-refractivity contribution in [1.82, 2.24) is 5.32 Å². The molecule has 0 aromatic carbocycles. The molecule has 0 aromatic heterocycles. The van der Waals surface area contributed by atoms with E-state index >= 15 is 0 Å². The Morgan fingerprint density at radius 2 is 1.92 bits per heavy atom. The fraction of sp³-hybridized carbons (Fsp3) is 1.00. The molecular weight excluding hydrogens is 166 g/mol. The second kappa shape index (κ2) is 2.91. The molecule has 1 nitrogen and oxygen atoms in total. The molecule has 0 spiro atoms. The Kier molecular flexibility index (Phi) is 2.16. The van der Waals surface area contributed by atoms with Crippen molar-refractivity contribution in [2.24, 2.45) is 11.8 Å². The van der Waals surface area contributed by atoms with E-state index in [0.717, 1.165) is 17.1 Å². The maximum absolute atomic E-state index is 3.56. The van der Waals surface area contributed by atoms with Crippen LogP contribution in [0, 0.1) is 11.8 Å². The van der Waals surface area contributed by atoms with E-state index < -0.39 is 0 Å². The van der Waals surface area contributed by atoms with E-state index in [1.165, 1.54) is 19.4 Å². The molecule has 1 unspecified atom stereocenters. The normalized spacial score (nSPS) is 37.0. The van der Waals surface area contributed by atoms with Crippen LogP contribution >= 0.6 is 11.8 Å². The highest BCUT2D eigenvalue weighted by Gasteiger charge is 2.52. The monoisotopic (exact) mass is 185 g/mol. The predicted octanol–water partition coefficient (Wildman–Crippen LogP) is 2.47. The number of nitrogens with one attached hydrogen (secondary N) is 1. The average molecular weight is 185 g/mol. The van der Waals surface area contributed by atoms with E-state index in [1.807, 2.05) is 0 Å². The molecule has 12 heavy (non-hydrogen) atoms. The van der Waals surface area contributed by atoms with Gasteiger partial charge in [-0.3, -0.25) is 5.32 Å². The van der Waals surface area contributed by atoms with Crippen LogP contribution in [0.25, 0.3) is 0 Å². The van der Waals surface area contributed by atoms with Gasteiger partial charge < -0.3 is 0 Å². The maximum Gasteiger partial charge on any atom is 0.0803 e. The minimum Gasteiger partial charge on any atom is -0.299 e. The lowest BCUT2D eigenvalue weighted by Crippen LogP contribution is -2.24. The highest BCUT2D eigenvalue weighted by molar-refractivity contribution is 8.01. The first-order valence-corrected chi connectivity index (χ1v) is 5.95. The van der Waals surface area contributed by atoms with Gasteiger partial charge in [0, 0.05) is 11.8 Å². The lowest BCUT2D eigenvalue weighted by Gasteiger charge is -2.22. The van der Waals surface area contributed by atoms with Gasteiger partial charge in [-0.15, -0.1) is 11.8 Å². The third-order valence-corrected chi connectivity index (χ3v) is 4.59. The molecule has 1 aliphatic carbocycles. The summed E-state index contributed by atoms with van der Waals surface area (Å²) in [5, 5.41) is 4.33. The molecule has 1 saturated heterocycles. The number of rotatable bonds is 4. The Bertz CT molecular complexity index is 171. The third kappa shape index (κ3) is 1.64. The average Bonchev–Trinajstić information content (AvgIpc) is 2.80. The summed E-state index contributed by atoms with van der Waals surface area (Å²) in [5.74, 6) is 1.93. The fourth-order valence-corrected chi connectivity index (χ4v) is 3.48. The largest absolute Gasteiger partial charge is 0.299 e. The second-order valence-electron chi connectivity index (χ2n) is 4.54. The molecule has 0 bridgehead atoms. The predicted molar refractivity (Wildman–Crippen MR) is 55.3 cm³/mol. The topological polar surface area (TPSA) is 21.9 Å². The van der Waals surface area contributed by atoms with Gasteiger partial charge in [-0.2, -0.15) is 0 Å². The zero-order valence-electron chi connectivity index (χ0n) is 8.26. The van der Waals surface area contributed by atoms with E-state index in [9.17, 15) is 0 Å². The van der Waals surface area contributed by atoms with Crippen molar-refractivity contribution in [1.29, 1.82) is 0 Å². The molecule has 2 heteroatoms. The van der Waals surface area contributed by atoms with Gasteiger partial charge in [0.1, 0.15) is 0 Å². The van der Waals surface area contributed by atoms with Crippen molar-refractivity contribution < 1.29 is 0 Å². The van der Waals surface area contributed by atoms with E-state index in [-0.39, 0.29) is 0 Å². The van der Waals surface area contributed by atoms with Crippen molar-refractivity contribution in [2.75, 3.05) is 6.54 Å². The van der Waals surface area contributed by atoms with E-state index in [4.69, 9.17) is 0 Å². The lowest BCUT2D eigenvalue weighted by molar-refractivity contribution is 0.470. The first-order valence-electron chi connectivity index (χ1n) is 5.07. The summed E-state index contributed by atoms with van der Waals surface area (Å²) in [6.07, 6.45) is 2.95. The number of thioether (sulfide) groups is 1. The lowest BCUT2D eigenvalue weighted by atomic mass is 10.0. The molecule has 2 rings (SSSR count). The Balaban J connectivity index is 1.91. The molecule has 1 aliphatic heterocycles. The molecule has 2 atom stereocenters. The zero-order valence-corrected chi connectivity index (χ0v) is 9.08. The SMILES string of the molecule is CC(C)S[C@]1(C(C)C2CC2)CN1. The molecule has 0 radical (unpaired) electrons. The van der Waals surface area contributed by atoms with Crippen LogP contribution in [0.2, 0.25) is 0 Å². The van der Waals surface area contributed by atoms with Crippen LogP contribution in [0.4, 0.5) is 0 Å². The van der Waals surface area contributed by atoms with Crippen LogP contribution in [0.5, 0.6) is 0 Å². The number of hydrogen-bond donors (Lipinski definition) is 1. The van der Waals surface area contributed by atoms with Crippen LogP contribution in [-0.4, -0.2) is 16.7 Å². The van der Waals surface area contributed by atoms with Crippen LogP contribution in [0.15, 0.2) is 0 Å². The Morgan fingerprint density at radius 3 is 2.25 bits per heavy atom. The van der Waals surface area contributed by atoms with Gasteiger partial charge >= 0.3 is 0 Å². The van der Waals surface area contributed by atoms with Gasteiger partial charge in [0.05, 0.1) is 4.87 Å². The summed E-state index contributed by atoms with van der Waals surface area (Å²) < 4.78 is 0. The van der Waals surface area contributed by atoms with Gasteiger partial charge in [0.15, 0.2) is 0 Å². The molecule has 1 heterocycles. The Morgan fingerprint density at radius 1 is 1.33 bits per heavy atom. The summed E-state index contributed by atoms with van der Waals surface area (Å²) in [5.41, 5.74) is 0. The summed E-state index contributed by atoms with van der Waals surface area (Å²) >= 11 is 2.13. The summed E-state index contributed by atoms with van der Waals surface area (Å²) in [6.45, 7) is 8.26. The standard InChI is InChI=1S/C10H19NS/c1-7(2)12-10(6-11-10)8(3)9-4-5-9/h7-9,11H,4-6H2,1-3H3/t8?,10-/m0/s1. The zero-order chi connectivity index (χ0) is 8.77. The van der Waals surface area contributed by atoms with Crippen LogP contribution in [0.1, 0.15) is 33.6 Å². The molecule has 0 amide bonds. The van der Waals surface area contributed by atoms with Gasteiger partial charge in [-0.25, -0.2) is 0 Å². The molecule has 2 fully saturated rings. The van der Waals surface area contributed by atoms with Gasteiger partial charge in [0.2, 0.25) is 0 Å². The third-order valence-electron chi connectivity index (χ3n) is 3.04. The van der Waals surface area contributed by atoms with Crippen LogP contribution in [0.3, 0.4) is 0 Å². The highest BCUT2D eigenvalue weighted by Crippen LogP contribution is 2.51.